The molecule has 16 heavy (non-hydrogen) atoms. The van der Waals surface area contributed by atoms with Gasteiger partial charge in [0.25, 0.3) is 0 Å². The molecule has 1 aromatic heterocycles. The second-order valence-electron chi connectivity index (χ2n) is 5.25. The Morgan fingerprint density at radius 2 is 1.88 bits per heavy atom. The van der Waals surface area contributed by atoms with Crippen LogP contribution in [0.15, 0.2) is 24.5 Å². The van der Waals surface area contributed by atoms with Gasteiger partial charge < -0.3 is 5.11 Å². The minimum Gasteiger partial charge on any atom is -0.388 e. The number of nitrogens with zero attached hydrogens (tertiary/aromatic N) is 1. The van der Waals surface area contributed by atoms with E-state index in [1.165, 1.54) is 6.42 Å². The minimum atomic E-state index is -0.307. The van der Waals surface area contributed by atoms with Crippen molar-refractivity contribution in [2.45, 2.75) is 39.2 Å². The van der Waals surface area contributed by atoms with Gasteiger partial charge >= 0.3 is 0 Å². The van der Waals surface area contributed by atoms with Crippen LogP contribution in [-0.2, 0) is 0 Å². The lowest BCUT2D eigenvalue weighted by molar-refractivity contribution is 0.0560. The topological polar surface area (TPSA) is 33.1 Å². The fourth-order valence-electron chi connectivity index (χ4n) is 2.71. The molecule has 1 aromatic rings. The molecule has 1 fully saturated rings. The Hall–Kier alpha value is -0.890. The Labute approximate surface area is 97.7 Å². The van der Waals surface area contributed by atoms with E-state index in [4.69, 9.17) is 0 Å². The first-order chi connectivity index (χ1) is 7.68. The zero-order valence-electron chi connectivity index (χ0n) is 10.1. The van der Waals surface area contributed by atoms with Crippen molar-refractivity contribution in [1.82, 2.24) is 4.98 Å². The third-order valence-electron chi connectivity index (χ3n) is 4.13. The summed E-state index contributed by atoms with van der Waals surface area (Å²) in [4.78, 5) is 3.99. The van der Waals surface area contributed by atoms with Crippen LogP contribution in [0.1, 0.15) is 44.8 Å². The van der Waals surface area contributed by atoms with Crippen molar-refractivity contribution in [3.63, 3.8) is 0 Å². The number of rotatable bonds is 2. The van der Waals surface area contributed by atoms with Gasteiger partial charge in [-0.2, -0.15) is 0 Å². The maximum atomic E-state index is 10.3. The molecule has 2 rings (SSSR count). The van der Waals surface area contributed by atoms with Crippen LogP contribution in [-0.4, -0.2) is 10.1 Å². The lowest BCUT2D eigenvalue weighted by Crippen LogP contribution is -2.25. The summed E-state index contributed by atoms with van der Waals surface area (Å²) < 4.78 is 0. The van der Waals surface area contributed by atoms with Crippen LogP contribution in [0.2, 0.25) is 0 Å². The monoisotopic (exact) mass is 219 g/mol. The fraction of sp³-hybridized carbons (Fsp3) is 0.643. The summed E-state index contributed by atoms with van der Waals surface area (Å²) in [5.74, 6) is 1.96. The summed E-state index contributed by atoms with van der Waals surface area (Å²) in [5, 5.41) is 10.3. The Kier molecular flexibility index (Phi) is 3.59. The van der Waals surface area contributed by atoms with E-state index in [1.807, 2.05) is 12.1 Å². The maximum absolute atomic E-state index is 10.3. The van der Waals surface area contributed by atoms with Crippen molar-refractivity contribution < 1.29 is 5.11 Å². The largest absolute Gasteiger partial charge is 0.388 e. The summed E-state index contributed by atoms with van der Waals surface area (Å²) >= 11 is 0. The predicted molar refractivity (Wildman–Crippen MR) is 64.9 cm³/mol. The van der Waals surface area contributed by atoms with Crippen LogP contribution in [0, 0.1) is 17.8 Å². The van der Waals surface area contributed by atoms with Crippen molar-refractivity contribution in [1.29, 1.82) is 0 Å². The maximum Gasteiger partial charge on any atom is 0.0819 e. The molecular weight excluding hydrogens is 198 g/mol. The molecule has 1 heterocycles. The Morgan fingerprint density at radius 1 is 1.19 bits per heavy atom. The first-order valence-electron chi connectivity index (χ1n) is 6.26. The second-order valence-corrected chi connectivity index (χ2v) is 5.25. The van der Waals surface area contributed by atoms with Gasteiger partial charge in [0.15, 0.2) is 0 Å². The van der Waals surface area contributed by atoms with Gasteiger partial charge in [-0.3, -0.25) is 4.98 Å². The van der Waals surface area contributed by atoms with Gasteiger partial charge in [-0.05, 0) is 48.3 Å². The molecule has 0 bridgehead atoms. The zero-order valence-corrected chi connectivity index (χ0v) is 10.1. The summed E-state index contributed by atoms with van der Waals surface area (Å²) in [6, 6.07) is 3.85. The van der Waals surface area contributed by atoms with Crippen LogP contribution < -0.4 is 0 Å². The van der Waals surface area contributed by atoms with E-state index >= 15 is 0 Å². The SMILES string of the molecule is CC1CCC(C(O)c2ccncc2)CC1C. The van der Waals surface area contributed by atoms with Gasteiger partial charge in [-0.15, -0.1) is 0 Å². The van der Waals surface area contributed by atoms with Crippen molar-refractivity contribution in [2.24, 2.45) is 17.8 Å². The van der Waals surface area contributed by atoms with Crippen LogP contribution in [0.25, 0.3) is 0 Å². The molecule has 0 aromatic carbocycles. The molecule has 0 saturated heterocycles. The highest BCUT2D eigenvalue weighted by Crippen LogP contribution is 2.39. The Balaban J connectivity index is 2.03. The lowest BCUT2D eigenvalue weighted by Gasteiger charge is -2.34. The van der Waals surface area contributed by atoms with E-state index in [0.29, 0.717) is 5.92 Å². The molecule has 1 saturated carbocycles. The first kappa shape index (κ1) is 11.6. The number of hydrogen-bond donors (Lipinski definition) is 1. The first-order valence-corrected chi connectivity index (χ1v) is 6.26. The van der Waals surface area contributed by atoms with Crippen molar-refractivity contribution in [3.8, 4) is 0 Å². The van der Waals surface area contributed by atoms with Crippen molar-refractivity contribution in [3.05, 3.63) is 30.1 Å². The fourth-order valence-corrected chi connectivity index (χ4v) is 2.71. The molecule has 0 spiro atoms. The molecule has 1 N–H and O–H groups in total. The smallest absolute Gasteiger partial charge is 0.0819 e. The van der Waals surface area contributed by atoms with Crippen LogP contribution in [0.5, 0.6) is 0 Å². The second kappa shape index (κ2) is 4.96. The summed E-state index contributed by atoms with van der Waals surface area (Å²) in [6.07, 6.45) is 6.74. The molecular formula is C14H21NO. The van der Waals surface area contributed by atoms with Crippen molar-refractivity contribution in [2.75, 3.05) is 0 Å². The molecule has 4 unspecified atom stereocenters. The number of hydrogen-bond acceptors (Lipinski definition) is 2. The molecule has 2 nitrogen and oxygen atoms in total. The van der Waals surface area contributed by atoms with Crippen LogP contribution >= 0.6 is 0 Å². The quantitative estimate of drug-likeness (QED) is 0.828. The van der Waals surface area contributed by atoms with Crippen molar-refractivity contribution >= 4 is 0 Å². The molecule has 4 atom stereocenters. The van der Waals surface area contributed by atoms with Gasteiger partial charge in [0, 0.05) is 12.4 Å². The van der Waals surface area contributed by atoms with Gasteiger partial charge in [-0.1, -0.05) is 20.3 Å². The predicted octanol–water partition coefficient (Wildman–Crippen LogP) is 3.19. The Morgan fingerprint density at radius 3 is 2.50 bits per heavy atom. The van der Waals surface area contributed by atoms with E-state index < -0.39 is 0 Å². The molecule has 1 aliphatic rings. The minimum absolute atomic E-state index is 0.307. The van der Waals surface area contributed by atoms with Gasteiger partial charge in [-0.25, -0.2) is 0 Å². The summed E-state index contributed by atoms with van der Waals surface area (Å²) in [5.41, 5.74) is 1.02. The highest BCUT2D eigenvalue weighted by molar-refractivity contribution is 5.14. The van der Waals surface area contributed by atoms with Gasteiger partial charge in [0.2, 0.25) is 0 Å². The van der Waals surface area contributed by atoms with E-state index in [0.717, 1.165) is 30.2 Å². The van der Waals surface area contributed by atoms with E-state index in [-0.39, 0.29) is 6.10 Å². The summed E-state index contributed by atoms with van der Waals surface area (Å²) in [6.45, 7) is 4.62. The number of aliphatic hydroxyl groups is 1. The number of pyridine rings is 1. The van der Waals surface area contributed by atoms with E-state index in [1.54, 1.807) is 12.4 Å². The molecule has 0 amide bonds. The molecule has 1 aliphatic carbocycles. The highest BCUT2D eigenvalue weighted by atomic mass is 16.3. The number of aliphatic hydroxyl groups excluding tert-OH is 1. The normalized spacial score (nSPS) is 32.3. The summed E-state index contributed by atoms with van der Waals surface area (Å²) in [7, 11) is 0. The average Bonchev–Trinajstić information content (AvgIpc) is 2.33. The van der Waals surface area contributed by atoms with E-state index in [2.05, 4.69) is 18.8 Å². The average molecular weight is 219 g/mol. The molecule has 0 radical (unpaired) electrons. The number of aromatic nitrogens is 1. The molecule has 0 aliphatic heterocycles. The lowest BCUT2D eigenvalue weighted by atomic mass is 9.73. The third-order valence-corrected chi connectivity index (χ3v) is 4.13. The standard InChI is InChI=1S/C14H21NO/c1-10-3-4-13(9-11(10)2)14(16)12-5-7-15-8-6-12/h5-8,10-11,13-14,16H,3-4,9H2,1-2H3. The van der Waals surface area contributed by atoms with Crippen LogP contribution in [0.4, 0.5) is 0 Å². The molecule has 88 valence electrons. The molecule has 2 heteroatoms. The van der Waals surface area contributed by atoms with Crippen LogP contribution in [0.3, 0.4) is 0 Å². The van der Waals surface area contributed by atoms with Gasteiger partial charge in [0.05, 0.1) is 6.10 Å². The van der Waals surface area contributed by atoms with Gasteiger partial charge in [0.1, 0.15) is 0 Å². The Bertz CT molecular complexity index is 325. The highest BCUT2D eigenvalue weighted by Gasteiger charge is 2.29. The third kappa shape index (κ3) is 2.43. The zero-order chi connectivity index (χ0) is 11.5. The van der Waals surface area contributed by atoms with E-state index in [9.17, 15) is 5.11 Å².